The molecule has 0 spiro atoms. The first-order valence-corrected chi connectivity index (χ1v) is 10.8. The fourth-order valence-corrected chi connectivity index (χ4v) is 3.28. The molecule has 1 aliphatic rings. The minimum absolute atomic E-state index is 0.0560. The van der Waals surface area contributed by atoms with Crippen LogP contribution in [0.1, 0.15) is 61.4 Å². The molecule has 166 valence electrons. The topological polar surface area (TPSA) is 83.1 Å². The Morgan fingerprint density at radius 2 is 1.68 bits per heavy atom. The van der Waals surface area contributed by atoms with Crippen molar-refractivity contribution in [1.29, 1.82) is 0 Å². The van der Waals surface area contributed by atoms with Crippen molar-refractivity contribution in [2.45, 2.75) is 57.7 Å². The number of hydrogen-bond donors (Lipinski definition) is 1. The van der Waals surface area contributed by atoms with Crippen LogP contribution in [0.3, 0.4) is 0 Å². The number of halogens is 1. The van der Waals surface area contributed by atoms with Gasteiger partial charge in [-0.05, 0) is 74.2 Å². The Morgan fingerprint density at radius 3 is 2.35 bits per heavy atom. The lowest BCUT2D eigenvalue weighted by molar-refractivity contribution is 0.0516. The van der Waals surface area contributed by atoms with E-state index in [1.165, 1.54) is 0 Å². The Morgan fingerprint density at radius 1 is 1.03 bits per heavy atom. The molecule has 0 bridgehead atoms. The molecule has 3 rings (SSSR count). The second kappa shape index (κ2) is 11.3. The van der Waals surface area contributed by atoms with Crippen molar-refractivity contribution in [3.05, 3.63) is 59.7 Å². The summed E-state index contributed by atoms with van der Waals surface area (Å²) in [5.74, 6) is 0.710. The second-order valence-electron chi connectivity index (χ2n) is 7.56. The Labute approximate surface area is 182 Å². The first-order valence-electron chi connectivity index (χ1n) is 10.8. The van der Waals surface area contributed by atoms with Gasteiger partial charge in [0.25, 0.3) is 0 Å². The first-order chi connectivity index (χ1) is 15.1. The van der Waals surface area contributed by atoms with Crippen LogP contribution in [0.4, 0.5) is 4.39 Å². The van der Waals surface area contributed by atoms with Gasteiger partial charge in [-0.1, -0.05) is 24.9 Å². The molecule has 0 aliphatic heterocycles. The minimum Gasteiger partial charge on any atom is -0.494 e. The zero-order valence-electron chi connectivity index (χ0n) is 17.8. The Hall–Kier alpha value is -3.09. The molecule has 2 N–H and O–H groups in total. The van der Waals surface area contributed by atoms with E-state index in [0.29, 0.717) is 42.1 Å². The summed E-state index contributed by atoms with van der Waals surface area (Å²) in [4.78, 5) is 17.1. The molecule has 0 radical (unpaired) electrons. The second-order valence-corrected chi connectivity index (χ2v) is 7.56. The van der Waals surface area contributed by atoms with E-state index in [1.54, 1.807) is 48.5 Å². The maximum atomic E-state index is 13.9. The smallest absolute Gasteiger partial charge is 0.365 e. The largest absolute Gasteiger partial charge is 0.494 e. The number of nitrogens with zero attached hydrogens (tertiary/aromatic N) is 1. The molecule has 2 atom stereocenters. The van der Waals surface area contributed by atoms with Crippen LogP contribution in [-0.4, -0.2) is 30.7 Å². The van der Waals surface area contributed by atoms with Crippen molar-refractivity contribution in [2.75, 3.05) is 6.61 Å². The van der Waals surface area contributed by atoms with Crippen LogP contribution in [0.25, 0.3) is 0 Å². The molecule has 2 aromatic carbocycles. The molecule has 7 heteroatoms. The number of carbonyl (C=O) groups is 1. The zero-order chi connectivity index (χ0) is 22.1. The molecule has 0 aromatic heterocycles. The summed E-state index contributed by atoms with van der Waals surface area (Å²) in [7, 11) is 0. The molecule has 1 aliphatic carbocycles. The highest BCUT2D eigenvalue weighted by molar-refractivity contribution is 5.98. The molecule has 0 heterocycles. The lowest BCUT2D eigenvalue weighted by atomic mass is 9.96. The van der Waals surface area contributed by atoms with Crippen molar-refractivity contribution in [1.82, 2.24) is 0 Å². The van der Waals surface area contributed by atoms with Gasteiger partial charge in [0.05, 0.1) is 12.2 Å². The minimum atomic E-state index is -0.934. The van der Waals surface area contributed by atoms with E-state index in [-0.39, 0.29) is 5.84 Å². The van der Waals surface area contributed by atoms with Gasteiger partial charge in [-0.3, -0.25) is 0 Å². The summed E-state index contributed by atoms with van der Waals surface area (Å²) in [5, 5.41) is 3.72. The average molecular weight is 429 g/mol. The van der Waals surface area contributed by atoms with Crippen LogP contribution in [0.5, 0.6) is 11.5 Å². The number of unbranched alkanes of at least 4 members (excludes halogenated alkanes) is 1. The highest BCUT2D eigenvalue weighted by atomic mass is 19.1. The van der Waals surface area contributed by atoms with Gasteiger partial charge in [-0.2, -0.15) is 0 Å². The predicted molar refractivity (Wildman–Crippen MR) is 117 cm³/mol. The molecule has 31 heavy (non-hydrogen) atoms. The molecule has 1 saturated carbocycles. The molecular weight excluding hydrogens is 399 g/mol. The summed E-state index contributed by atoms with van der Waals surface area (Å²) >= 11 is 0. The van der Waals surface area contributed by atoms with Crippen molar-refractivity contribution >= 4 is 11.8 Å². The monoisotopic (exact) mass is 428 g/mol. The van der Waals surface area contributed by atoms with E-state index >= 15 is 0 Å². The molecule has 0 amide bonds. The number of oxime groups is 1. The fraction of sp³-hybridized carbons (Fsp3) is 0.417. The summed E-state index contributed by atoms with van der Waals surface area (Å²) in [6.45, 7) is 2.73. The number of nitrogens with two attached hydrogens (primary N) is 1. The van der Waals surface area contributed by atoms with Crippen molar-refractivity contribution in [2.24, 2.45) is 10.9 Å². The van der Waals surface area contributed by atoms with Crippen LogP contribution in [0.2, 0.25) is 0 Å². The van der Waals surface area contributed by atoms with Gasteiger partial charge in [0.2, 0.25) is 0 Å². The molecule has 2 aromatic rings. The van der Waals surface area contributed by atoms with Crippen LogP contribution in [-0.2, 0) is 4.84 Å². The average Bonchev–Trinajstić information content (AvgIpc) is 2.80. The third kappa shape index (κ3) is 6.70. The highest BCUT2D eigenvalue weighted by Crippen LogP contribution is 2.26. The number of alkyl halides is 1. The van der Waals surface area contributed by atoms with Gasteiger partial charge in [-0.25, -0.2) is 9.18 Å². The highest BCUT2D eigenvalue weighted by Gasteiger charge is 2.26. The molecule has 0 saturated heterocycles. The van der Waals surface area contributed by atoms with Crippen LogP contribution < -0.4 is 15.2 Å². The van der Waals surface area contributed by atoms with Crippen molar-refractivity contribution in [3.8, 4) is 11.5 Å². The molecule has 6 nitrogen and oxygen atoms in total. The van der Waals surface area contributed by atoms with E-state index < -0.39 is 18.2 Å². The Balaban J connectivity index is 1.52. The van der Waals surface area contributed by atoms with E-state index in [0.717, 1.165) is 25.7 Å². The van der Waals surface area contributed by atoms with E-state index in [2.05, 4.69) is 12.1 Å². The Kier molecular flexibility index (Phi) is 8.27. The van der Waals surface area contributed by atoms with E-state index in [4.69, 9.17) is 20.0 Å². The standard InChI is InChI=1S/C24H29FN2O4/c1-2-3-16-29-19-12-10-18(11-13-19)24(28)31-27-23(26)17-8-14-20(15-9-17)30-22-7-5-4-6-21(22)25/h8-15,21-22H,2-7,16H2,1H3,(H2,26,27). The summed E-state index contributed by atoms with van der Waals surface area (Å²) < 4.78 is 25.2. The number of amidine groups is 1. The summed E-state index contributed by atoms with van der Waals surface area (Å²) in [6.07, 6.45) is 3.83. The SMILES string of the molecule is CCCCOc1ccc(C(=O)O/N=C(\N)c2ccc(OC3CCCCC3F)cc2)cc1. The van der Waals surface area contributed by atoms with Crippen LogP contribution >= 0.6 is 0 Å². The third-order valence-corrected chi connectivity index (χ3v) is 5.14. The zero-order valence-corrected chi connectivity index (χ0v) is 17.8. The third-order valence-electron chi connectivity index (χ3n) is 5.14. The van der Waals surface area contributed by atoms with Gasteiger partial charge in [-0.15, -0.1) is 0 Å². The number of carbonyl (C=O) groups excluding carboxylic acids is 1. The first kappa shape index (κ1) is 22.6. The van der Waals surface area contributed by atoms with Gasteiger partial charge >= 0.3 is 5.97 Å². The normalized spacial score (nSPS) is 19.0. The van der Waals surface area contributed by atoms with Gasteiger partial charge in [0.1, 0.15) is 23.8 Å². The maximum Gasteiger partial charge on any atom is 0.365 e. The summed E-state index contributed by atoms with van der Waals surface area (Å²) in [6, 6.07) is 13.5. The Bertz CT molecular complexity index is 868. The number of hydrogen-bond acceptors (Lipinski definition) is 5. The molecule has 2 unspecified atom stereocenters. The van der Waals surface area contributed by atoms with Gasteiger partial charge in [0.15, 0.2) is 5.84 Å². The van der Waals surface area contributed by atoms with Crippen LogP contribution in [0.15, 0.2) is 53.7 Å². The fourth-order valence-electron chi connectivity index (χ4n) is 3.28. The number of benzene rings is 2. The summed E-state index contributed by atoms with van der Waals surface area (Å²) in [5.41, 5.74) is 6.84. The van der Waals surface area contributed by atoms with E-state index in [1.807, 2.05) is 0 Å². The maximum absolute atomic E-state index is 13.9. The van der Waals surface area contributed by atoms with Gasteiger partial charge < -0.3 is 20.0 Å². The van der Waals surface area contributed by atoms with Crippen molar-refractivity contribution < 1.29 is 23.5 Å². The number of rotatable bonds is 9. The van der Waals surface area contributed by atoms with Crippen LogP contribution in [0, 0.1) is 0 Å². The lowest BCUT2D eigenvalue weighted by Crippen LogP contribution is -2.31. The quantitative estimate of drug-likeness (QED) is 0.200. The van der Waals surface area contributed by atoms with Gasteiger partial charge in [0, 0.05) is 5.56 Å². The lowest BCUT2D eigenvalue weighted by Gasteiger charge is -2.26. The van der Waals surface area contributed by atoms with E-state index in [9.17, 15) is 9.18 Å². The predicted octanol–water partition coefficient (Wildman–Crippen LogP) is 5.00. The van der Waals surface area contributed by atoms with Crippen molar-refractivity contribution in [3.63, 3.8) is 0 Å². The molecule has 1 fully saturated rings. The number of ether oxygens (including phenoxy) is 2. The molecular formula is C24H29FN2O4.